The number of aliphatic hydroxyl groups is 1. The Morgan fingerprint density at radius 1 is 1.00 bits per heavy atom. The number of aryl methyl sites for hydroxylation is 1. The summed E-state index contributed by atoms with van der Waals surface area (Å²) in [5.41, 5.74) is 3.67. The van der Waals surface area contributed by atoms with E-state index in [4.69, 9.17) is 0 Å². The van der Waals surface area contributed by atoms with Crippen molar-refractivity contribution >= 4 is 11.3 Å². The maximum absolute atomic E-state index is 9.19. The SMILES string of the molecule is OCc1ccc(CN2CCC3(CCc4ccccc43)CC2)s1. The first-order chi connectivity index (χ1) is 10.8. The first kappa shape index (κ1) is 14.4. The average molecular weight is 313 g/mol. The third kappa shape index (κ3) is 2.51. The molecule has 0 bridgehead atoms. The lowest BCUT2D eigenvalue weighted by Gasteiger charge is -2.40. The quantitative estimate of drug-likeness (QED) is 0.933. The smallest absolute Gasteiger partial charge is 0.0774 e. The predicted molar refractivity (Wildman–Crippen MR) is 91.2 cm³/mol. The summed E-state index contributed by atoms with van der Waals surface area (Å²) >= 11 is 1.75. The van der Waals surface area contributed by atoms with Gasteiger partial charge in [-0.2, -0.15) is 0 Å². The molecule has 4 rings (SSSR count). The summed E-state index contributed by atoms with van der Waals surface area (Å²) in [5.74, 6) is 0. The molecule has 1 aliphatic carbocycles. The standard InChI is InChI=1S/C19H23NOS/c21-14-17-6-5-16(22-17)13-20-11-9-19(10-12-20)8-7-15-3-1-2-4-18(15)19/h1-6,21H,7-14H2. The third-order valence-electron chi connectivity index (χ3n) is 5.53. The Balaban J connectivity index is 1.43. The van der Waals surface area contributed by atoms with Gasteiger partial charge in [0.25, 0.3) is 0 Å². The number of rotatable bonds is 3. The molecule has 1 aliphatic heterocycles. The molecule has 1 saturated heterocycles. The second-order valence-electron chi connectivity index (χ2n) is 6.74. The van der Waals surface area contributed by atoms with Gasteiger partial charge in [-0.3, -0.25) is 4.90 Å². The van der Waals surface area contributed by atoms with Gasteiger partial charge in [0.15, 0.2) is 0 Å². The number of hydrogen-bond donors (Lipinski definition) is 1. The highest BCUT2D eigenvalue weighted by molar-refractivity contribution is 7.11. The number of piperidine rings is 1. The summed E-state index contributed by atoms with van der Waals surface area (Å²) < 4.78 is 0. The Kier molecular flexibility index (Phi) is 3.81. The van der Waals surface area contributed by atoms with Crippen LogP contribution in [0.2, 0.25) is 0 Å². The van der Waals surface area contributed by atoms with E-state index in [1.54, 1.807) is 22.5 Å². The summed E-state index contributed by atoms with van der Waals surface area (Å²) in [6.07, 6.45) is 5.19. The van der Waals surface area contributed by atoms with Crippen molar-refractivity contribution < 1.29 is 5.11 Å². The van der Waals surface area contributed by atoms with Gasteiger partial charge in [-0.25, -0.2) is 0 Å². The van der Waals surface area contributed by atoms with E-state index in [1.807, 2.05) is 0 Å². The van der Waals surface area contributed by atoms with Crippen LogP contribution in [0.15, 0.2) is 36.4 Å². The van der Waals surface area contributed by atoms with Crippen LogP contribution in [0, 0.1) is 0 Å². The van der Waals surface area contributed by atoms with Gasteiger partial charge in [-0.15, -0.1) is 11.3 Å². The van der Waals surface area contributed by atoms with Crippen LogP contribution in [-0.2, 0) is 25.0 Å². The van der Waals surface area contributed by atoms with Crippen molar-refractivity contribution in [3.05, 3.63) is 57.3 Å². The maximum atomic E-state index is 9.19. The molecule has 2 heterocycles. The van der Waals surface area contributed by atoms with E-state index in [1.165, 1.54) is 43.6 Å². The lowest BCUT2D eigenvalue weighted by molar-refractivity contribution is 0.153. The van der Waals surface area contributed by atoms with Crippen LogP contribution in [0.25, 0.3) is 0 Å². The van der Waals surface area contributed by atoms with E-state index in [9.17, 15) is 5.11 Å². The Bertz CT molecular complexity index is 655. The fraction of sp³-hybridized carbons (Fsp3) is 0.474. The lowest BCUT2D eigenvalue weighted by Crippen LogP contribution is -2.41. The Morgan fingerprint density at radius 2 is 1.77 bits per heavy atom. The number of fused-ring (bicyclic) bond motifs is 2. The Labute approximate surface area is 136 Å². The number of aliphatic hydroxyl groups excluding tert-OH is 1. The van der Waals surface area contributed by atoms with E-state index in [0.717, 1.165) is 11.4 Å². The van der Waals surface area contributed by atoms with Crippen molar-refractivity contribution in [2.75, 3.05) is 13.1 Å². The molecule has 1 fully saturated rings. The van der Waals surface area contributed by atoms with Crippen molar-refractivity contribution in [2.24, 2.45) is 0 Å². The summed E-state index contributed by atoms with van der Waals surface area (Å²) in [6.45, 7) is 3.61. The zero-order chi connectivity index (χ0) is 15.0. The van der Waals surface area contributed by atoms with Gasteiger partial charge in [0, 0.05) is 16.3 Å². The van der Waals surface area contributed by atoms with Gasteiger partial charge in [-0.1, -0.05) is 24.3 Å². The van der Waals surface area contributed by atoms with Crippen LogP contribution in [0.4, 0.5) is 0 Å². The first-order valence-corrected chi connectivity index (χ1v) is 9.10. The maximum Gasteiger partial charge on any atom is 0.0774 e. The van der Waals surface area contributed by atoms with Gasteiger partial charge < -0.3 is 5.11 Å². The van der Waals surface area contributed by atoms with Crippen LogP contribution >= 0.6 is 11.3 Å². The van der Waals surface area contributed by atoms with E-state index in [2.05, 4.69) is 41.3 Å². The highest BCUT2D eigenvalue weighted by Gasteiger charge is 2.40. The highest BCUT2D eigenvalue weighted by Crippen LogP contribution is 2.46. The zero-order valence-electron chi connectivity index (χ0n) is 12.9. The van der Waals surface area contributed by atoms with Crippen LogP contribution < -0.4 is 0 Å². The van der Waals surface area contributed by atoms with E-state index >= 15 is 0 Å². The molecule has 116 valence electrons. The molecule has 1 aromatic carbocycles. The van der Waals surface area contributed by atoms with Gasteiger partial charge in [0.1, 0.15) is 0 Å². The fourth-order valence-electron chi connectivity index (χ4n) is 4.24. The number of nitrogens with zero attached hydrogens (tertiary/aromatic N) is 1. The molecule has 22 heavy (non-hydrogen) atoms. The fourth-order valence-corrected chi connectivity index (χ4v) is 5.16. The second-order valence-corrected chi connectivity index (χ2v) is 7.99. The molecule has 0 amide bonds. The minimum Gasteiger partial charge on any atom is -0.391 e. The highest BCUT2D eigenvalue weighted by atomic mass is 32.1. The molecule has 1 N–H and O–H groups in total. The third-order valence-corrected chi connectivity index (χ3v) is 6.58. The van der Waals surface area contributed by atoms with Crippen molar-refractivity contribution in [3.8, 4) is 0 Å². The van der Waals surface area contributed by atoms with Crippen molar-refractivity contribution in [1.29, 1.82) is 0 Å². The summed E-state index contributed by atoms with van der Waals surface area (Å²) in [6, 6.07) is 13.3. The lowest BCUT2D eigenvalue weighted by atomic mass is 9.74. The molecule has 0 unspecified atom stereocenters. The average Bonchev–Trinajstić information content (AvgIpc) is 3.16. The summed E-state index contributed by atoms with van der Waals surface area (Å²) in [4.78, 5) is 5.04. The van der Waals surface area contributed by atoms with E-state index in [-0.39, 0.29) is 6.61 Å². The number of likely N-dealkylation sites (tertiary alicyclic amines) is 1. The van der Waals surface area contributed by atoms with Gasteiger partial charge in [-0.05, 0) is 67.4 Å². The van der Waals surface area contributed by atoms with Crippen LogP contribution in [0.1, 0.15) is 40.1 Å². The molecular formula is C19H23NOS. The first-order valence-electron chi connectivity index (χ1n) is 8.28. The molecule has 2 aliphatic rings. The second kappa shape index (κ2) is 5.80. The Hall–Kier alpha value is -1.16. The molecule has 0 atom stereocenters. The molecule has 3 heteroatoms. The summed E-state index contributed by atoms with van der Waals surface area (Å²) in [5, 5.41) is 9.19. The van der Waals surface area contributed by atoms with Crippen LogP contribution in [-0.4, -0.2) is 23.1 Å². The topological polar surface area (TPSA) is 23.5 Å². The molecule has 2 aromatic rings. The normalized spacial score (nSPS) is 20.4. The van der Waals surface area contributed by atoms with E-state index in [0.29, 0.717) is 5.41 Å². The van der Waals surface area contributed by atoms with E-state index < -0.39 is 0 Å². The number of thiophene rings is 1. The number of benzene rings is 1. The molecular weight excluding hydrogens is 290 g/mol. The van der Waals surface area contributed by atoms with Crippen molar-refractivity contribution in [2.45, 2.75) is 44.2 Å². The summed E-state index contributed by atoms with van der Waals surface area (Å²) in [7, 11) is 0. The van der Waals surface area contributed by atoms with Gasteiger partial charge in [0.05, 0.1) is 6.61 Å². The zero-order valence-corrected chi connectivity index (χ0v) is 13.7. The van der Waals surface area contributed by atoms with Crippen molar-refractivity contribution in [1.82, 2.24) is 4.90 Å². The van der Waals surface area contributed by atoms with Crippen LogP contribution in [0.3, 0.4) is 0 Å². The van der Waals surface area contributed by atoms with Gasteiger partial charge in [0.2, 0.25) is 0 Å². The Morgan fingerprint density at radius 3 is 2.55 bits per heavy atom. The number of hydrogen-bond acceptors (Lipinski definition) is 3. The molecule has 0 radical (unpaired) electrons. The minimum atomic E-state index is 0.171. The van der Waals surface area contributed by atoms with Crippen molar-refractivity contribution in [3.63, 3.8) is 0 Å². The monoisotopic (exact) mass is 313 g/mol. The molecule has 1 aromatic heterocycles. The van der Waals surface area contributed by atoms with Gasteiger partial charge >= 0.3 is 0 Å². The minimum absolute atomic E-state index is 0.171. The largest absolute Gasteiger partial charge is 0.391 e. The predicted octanol–water partition coefficient (Wildman–Crippen LogP) is 3.72. The van der Waals surface area contributed by atoms with Crippen LogP contribution in [0.5, 0.6) is 0 Å². The molecule has 0 saturated carbocycles. The molecule has 1 spiro atoms. The molecule has 2 nitrogen and oxygen atoms in total.